The number of thiophene rings is 1. The summed E-state index contributed by atoms with van der Waals surface area (Å²) in [6.45, 7) is 0. The van der Waals surface area contributed by atoms with Crippen LogP contribution < -0.4 is 10.6 Å². The predicted molar refractivity (Wildman–Crippen MR) is 59.1 cm³/mol. The van der Waals surface area contributed by atoms with Gasteiger partial charge in [-0.1, -0.05) is 0 Å². The van der Waals surface area contributed by atoms with E-state index in [1.807, 2.05) is 17.5 Å². The lowest BCUT2D eigenvalue weighted by molar-refractivity contribution is 0.262. The highest BCUT2D eigenvalue weighted by atomic mass is 32.1. The molecule has 4 nitrogen and oxygen atoms in total. The maximum atomic E-state index is 11.3. The second-order valence-electron chi connectivity index (χ2n) is 2.39. The third kappa shape index (κ3) is 2.30. The normalized spacial score (nSPS) is 9.71. The molecule has 14 heavy (non-hydrogen) atoms. The first-order chi connectivity index (χ1) is 6.84. The molecule has 2 aromatic heterocycles. The van der Waals surface area contributed by atoms with Crippen LogP contribution in [0.5, 0.6) is 0 Å². The van der Waals surface area contributed by atoms with E-state index in [2.05, 4.69) is 15.6 Å². The van der Waals surface area contributed by atoms with Gasteiger partial charge in [-0.2, -0.15) is 0 Å². The van der Waals surface area contributed by atoms with Crippen LogP contribution >= 0.6 is 22.7 Å². The minimum atomic E-state index is -0.262. The molecule has 0 aromatic carbocycles. The molecule has 0 saturated heterocycles. The van der Waals surface area contributed by atoms with E-state index in [1.165, 1.54) is 22.7 Å². The lowest BCUT2D eigenvalue weighted by Crippen LogP contribution is -2.18. The van der Waals surface area contributed by atoms with Gasteiger partial charge in [-0.15, -0.1) is 22.7 Å². The fraction of sp³-hybridized carbons (Fsp3) is 0. The molecular weight excluding hydrogens is 218 g/mol. The van der Waals surface area contributed by atoms with Crippen LogP contribution in [0.2, 0.25) is 0 Å². The van der Waals surface area contributed by atoms with Gasteiger partial charge in [0.1, 0.15) is 0 Å². The molecule has 6 heteroatoms. The highest BCUT2D eigenvalue weighted by Gasteiger charge is 2.03. The van der Waals surface area contributed by atoms with Gasteiger partial charge in [0, 0.05) is 11.6 Å². The number of thiazole rings is 1. The molecule has 0 atom stereocenters. The van der Waals surface area contributed by atoms with E-state index >= 15 is 0 Å². The molecule has 0 aliphatic heterocycles. The Balaban J connectivity index is 1.91. The van der Waals surface area contributed by atoms with E-state index < -0.39 is 0 Å². The Morgan fingerprint density at radius 2 is 2.21 bits per heavy atom. The Labute approximate surface area is 88.6 Å². The minimum absolute atomic E-state index is 0.262. The van der Waals surface area contributed by atoms with E-state index in [1.54, 1.807) is 11.6 Å². The van der Waals surface area contributed by atoms with Gasteiger partial charge in [0.25, 0.3) is 0 Å². The van der Waals surface area contributed by atoms with E-state index in [4.69, 9.17) is 0 Å². The van der Waals surface area contributed by atoms with Gasteiger partial charge in [-0.25, -0.2) is 9.78 Å². The maximum Gasteiger partial charge on any atom is 0.326 e. The van der Waals surface area contributed by atoms with Crippen molar-refractivity contribution >= 4 is 38.8 Å². The van der Waals surface area contributed by atoms with Crippen LogP contribution in [0.4, 0.5) is 14.9 Å². The van der Waals surface area contributed by atoms with Crippen LogP contribution in [-0.4, -0.2) is 11.0 Å². The number of hydrogen-bond donors (Lipinski definition) is 2. The Hall–Kier alpha value is -1.40. The van der Waals surface area contributed by atoms with Crippen LogP contribution in [0, 0.1) is 0 Å². The average molecular weight is 225 g/mol. The first-order valence-corrected chi connectivity index (χ1v) is 5.61. The summed E-state index contributed by atoms with van der Waals surface area (Å²) in [6.07, 6.45) is 1.64. The molecule has 0 radical (unpaired) electrons. The van der Waals surface area contributed by atoms with Crippen molar-refractivity contribution in [2.24, 2.45) is 0 Å². The number of nitrogens with zero attached hydrogens (tertiary/aromatic N) is 1. The zero-order valence-corrected chi connectivity index (χ0v) is 8.69. The van der Waals surface area contributed by atoms with Crippen LogP contribution in [0.3, 0.4) is 0 Å². The molecule has 2 aromatic rings. The van der Waals surface area contributed by atoms with Crippen LogP contribution in [0.15, 0.2) is 29.1 Å². The summed E-state index contributed by atoms with van der Waals surface area (Å²) in [7, 11) is 0. The third-order valence-corrected chi connectivity index (χ3v) is 2.88. The smallest absolute Gasteiger partial charge is 0.299 e. The van der Waals surface area contributed by atoms with Gasteiger partial charge in [-0.3, -0.25) is 10.6 Å². The molecule has 0 unspecified atom stereocenters. The number of hydrogen-bond acceptors (Lipinski definition) is 4. The summed E-state index contributed by atoms with van der Waals surface area (Å²) in [5, 5.41) is 10.4. The van der Waals surface area contributed by atoms with E-state index in [-0.39, 0.29) is 6.03 Å². The summed E-state index contributed by atoms with van der Waals surface area (Å²) in [5.74, 6) is 0. The standard InChI is InChI=1S/C8H7N3OS2/c12-7(10-6-2-1-4-13-6)11-8-9-3-5-14-8/h1-5H,(H2,9,10,11,12). The van der Waals surface area contributed by atoms with E-state index in [0.717, 1.165) is 5.00 Å². The van der Waals surface area contributed by atoms with Gasteiger partial charge >= 0.3 is 6.03 Å². The molecule has 0 aliphatic rings. The highest BCUT2D eigenvalue weighted by molar-refractivity contribution is 7.14. The number of aromatic nitrogens is 1. The van der Waals surface area contributed by atoms with Gasteiger partial charge in [0.15, 0.2) is 5.13 Å². The van der Waals surface area contributed by atoms with Crippen molar-refractivity contribution in [1.29, 1.82) is 0 Å². The van der Waals surface area contributed by atoms with E-state index in [9.17, 15) is 4.79 Å². The number of carbonyl (C=O) groups excluding carboxylic acids is 1. The Morgan fingerprint density at radius 3 is 2.86 bits per heavy atom. The number of urea groups is 1. The number of amides is 2. The zero-order valence-electron chi connectivity index (χ0n) is 7.06. The quantitative estimate of drug-likeness (QED) is 0.825. The second kappa shape index (κ2) is 4.21. The Kier molecular flexibility index (Phi) is 2.76. The monoisotopic (exact) mass is 225 g/mol. The van der Waals surface area contributed by atoms with Crippen molar-refractivity contribution in [2.75, 3.05) is 10.6 Å². The van der Waals surface area contributed by atoms with Crippen molar-refractivity contribution in [3.05, 3.63) is 29.1 Å². The molecule has 2 N–H and O–H groups in total. The zero-order chi connectivity index (χ0) is 9.80. The molecule has 2 rings (SSSR count). The Bertz CT molecular complexity index is 358. The van der Waals surface area contributed by atoms with Crippen LogP contribution in [0.25, 0.3) is 0 Å². The molecule has 0 fully saturated rings. The number of nitrogens with one attached hydrogen (secondary N) is 2. The second-order valence-corrected chi connectivity index (χ2v) is 4.24. The molecular formula is C8H7N3OS2. The molecule has 0 saturated carbocycles. The highest BCUT2D eigenvalue weighted by Crippen LogP contribution is 2.16. The molecule has 72 valence electrons. The number of rotatable bonds is 2. The topological polar surface area (TPSA) is 54.0 Å². The van der Waals surface area contributed by atoms with Crippen molar-refractivity contribution in [1.82, 2.24) is 4.98 Å². The largest absolute Gasteiger partial charge is 0.326 e. The fourth-order valence-electron chi connectivity index (χ4n) is 0.875. The fourth-order valence-corrected chi connectivity index (χ4v) is 2.01. The average Bonchev–Trinajstić information content (AvgIpc) is 2.76. The summed E-state index contributed by atoms with van der Waals surface area (Å²) >= 11 is 2.86. The summed E-state index contributed by atoms with van der Waals surface area (Å²) in [4.78, 5) is 15.3. The molecule has 0 bridgehead atoms. The molecule has 0 aliphatic carbocycles. The van der Waals surface area contributed by atoms with Crippen molar-refractivity contribution in [3.63, 3.8) is 0 Å². The first-order valence-electron chi connectivity index (χ1n) is 3.85. The van der Waals surface area contributed by atoms with Crippen LogP contribution in [0.1, 0.15) is 0 Å². The van der Waals surface area contributed by atoms with Gasteiger partial charge < -0.3 is 0 Å². The number of anilines is 2. The van der Waals surface area contributed by atoms with Crippen molar-refractivity contribution in [3.8, 4) is 0 Å². The summed E-state index contributed by atoms with van der Waals surface area (Å²) in [5.41, 5.74) is 0. The Morgan fingerprint density at radius 1 is 1.29 bits per heavy atom. The molecule has 2 heterocycles. The molecule has 0 spiro atoms. The van der Waals surface area contributed by atoms with E-state index in [0.29, 0.717) is 5.13 Å². The lowest BCUT2D eigenvalue weighted by atomic mass is 10.6. The van der Waals surface area contributed by atoms with Gasteiger partial charge in [0.2, 0.25) is 0 Å². The third-order valence-electron chi connectivity index (χ3n) is 1.41. The predicted octanol–water partition coefficient (Wildman–Crippen LogP) is 2.85. The van der Waals surface area contributed by atoms with Gasteiger partial charge in [-0.05, 0) is 17.5 Å². The van der Waals surface area contributed by atoms with Crippen molar-refractivity contribution in [2.45, 2.75) is 0 Å². The summed E-state index contributed by atoms with van der Waals surface area (Å²) < 4.78 is 0. The lowest BCUT2D eigenvalue weighted by Gasteiger charge is -2.01. The molecule has 2 amide bonds. The first kappa shape index (κ1) is 9.17. The summed E-state index contributed by atoms with van der Waals surface area (Å²) in [6, 6.07) is 3.46. The number of carbonyl (C=O) groups is 1. The van der Waals surface area contributed by atoms with Gasteiger partial charge in [0.05, 0.1) is 5.00 Å². The SMILES string of the molecule is O=C(Nc1cccs1)Nc1nccs1. The minimum Gasteiger partial charge on any atom is -0.299 e. The van der Waals surface area contributed by atoms with Crippen LogP contribution in [-0.2, 0) is 0 Å². The maximum absolute atomic E-state index is 11.3. The van der Waals surface area contributed by atoms with Crippen molar-refractivity contribution < 1.29 is 4.79 Å².